The summed E-state index contributed by atoms with van der Waals surface area (Å²) in [4.78, 5) is 4.14. The predicted octanol–water partition coefficient (Wildman–Crippen LogP) is 3.12. The van der Waals surface area contributed by atoms with Crippen molar-refractivity contribution in [2.24, 2.45) is 10.7 Å². The van der Waals surface area contributed by atoms with Crippen molar-refractivity contribution < 1.29 is 18.3 Å². The van der Waals surface area contributed by atoms with E-state index in [1.165, 1.54) is 13.2 Å². The Kier molecular flexibility index (Phi) is 10.6. The van der Waals surface area contributed by atoms with Gasteiger partial charge in [0.1, 0.15) is 0 Å². The van der Waals surface area contributed by atoms with Crippen molar-refractivity contribution in [2.45, 2.75) is 32.9 Å². The van der Waals surface area contributed by atoms with Crippen molar-refractivity contribution in [3.05, 3.63) is 23.8 Å². The van der Waals surface area contributed by atoms with Crippen LogP contribution < -0.4 is 20.5 Å². The van der Waals surface area contributed by atoms with Crippen LogP contribution in [0.25, 0.3) is 0 Å². The van der Waals surface area contributed by atoms with Crippen molar-refractivity contribution in [1.82, 2.24) is 5.32 Å². The van der Waals surface area contributed by atoms with Crippen LogP contribution in [-0.4, -0.2) is 26.2 Å². The lowest BCUT2D eigenvalue weighted by molar-refractivity contribution is -0.0512. The van der Waals surface area contributed by atoms with Gasteiger partial charge < -0.3 is 20.5 Å². The highest BCUT2D eigenvalue weighted by Crippen LogP contribution is 2.29. The molecule has 1 rings (SSSR count). The van der Waals surface area contributed by atoms with Crippen molar-refractivity contribution in [3.63, 3.8) is 0 Å². The monoisotopic (exact) mass is 429 g/mol. The third-order valence-electron chi connectivity index (χ3n) is 2.71. The van der Waals surface area contributed by atoms with Crippen LogP contribution >= 0.6 is 24.0 Å². The van der Waals surface area contributed by atoms with Crippen molar-refractivity contribution in [3.8, 4) is 11.5 Å². The lowest BCUT2D eigenvalue weighted by Gasteiger charge is -2.11. The molecule has 1 aromatic carbocycles. The number of unbranched alkanes of at least 4 members (excludes halogenated alkanes) is 1. The number of aliphatic imine (C=N–C) groups is 1. The molecule has 0 atom stereocenters. The van der Waals surface area contributed by atoms with E-state index in [0.29, 0.717) is 11.5 Å². The van der Waals surface area contributed by atoms with Gasteiger partial charge in [-0.2, -0.15) is 8.78 Å². The first kappa shape index (κ1) is 20.7. The molecule has 0 fully saturated rings. The maximum atomic E-state index is 12.3. The molecule has 22 heavy (non-hydrogen) atoms. The van der Waals surface area contributed by atoms with Gasteiger partial charge in [0.2, 0.25) is 0 Å². The summed E-state index contributed by atoms with van der Waals surface area (Å²) in [5.74, 6) is 0.561. The molecular weight excluding hydrogens is 407 g/mol. The van der Waals surface area contributed by atoms with E-state index in [1.54, 1.807) is 12.1 Å². The highest BCUT2D eigenvalue weighted by Gasteiger charge is 2.11. The van der Waals surface area contributed by atoms with Gasteiger partial charge >= 0.3 is 6.61 Å². The molecule has 0 aromatic heterocycles. The van der Waals surface area contributed by atoms with Gasteiger partial charge in [0.15, 0.2) is 17.5 Å². The van der Waals surface area contributed by atoms with Crippen molar-refractivity contribution in [1.29, 1.82) is 0 Å². The van der Waals surface area contributed by atoms with Gasteiger partial charge in [-0.3, -0.25) is 0 Å². The van der Waals surface area contributed by atoms with E-state index in [2.05, 4.69) is 22.0 Å². The van der Waals surface area contributed by atoms with Gasteiger partial charge in [0, 0.05) is 6.54 Å². The first-order valence-electron chi connectivity index (χ1n) is 6.72. The van der Waals surface area contributed by atoms with Gasteiger partial charge in [0.25, 0.3) is 0 Å². The van der Waals surface area contributed by atoms with Crippen LogP contribution in [0.15, 0.2) is 23.2 Å². The fourth-order valence-corrected chi connectivity index (χ4v) is 1.63. The molecule has 0 saturated carbocycles. The Morgan fingerprint density at radius 3 is 2.68 bits per heavy atom. The second-order valence-electron chi connectivity index (χ2n) is 4.35. The molecule has 0 saturated heterocycles. The molecule has 126 valence electrons. The predicted molar refractivity (Wildman–Crippen MR) is 93.3 cm³/mol. The molecule has 1 aromatic rings. The summed E-state index contributed by atoms with van der Waals surface area (Å²) in [5, 5.41) is 2.97. The number of nitrogens with zero attached hydrogens (tertiary/aromatic N) is 1. The van der Waals surface area contributed by atoms with E-state index in [0.717, 1.165) is 19.4 Å². The molecule has 0 aliphatic rings. The number of nitrogens with one attached hydrogen (secondary N) is 1. The number of rotatable bonds is 8. The second kappa shape index (κ2) is 11.3. The smallest absolute Gasteiger partial charge is 0.387 e. The molecule has 0 heterocycles. The van der Waals surface area contributed by atoms with E-state index in [4.69, 9.17) is 10.5 Å². The minimum atomic E-state index is -2.90. The Morgan fingerprint density at radius 2 is 2.09 bits per heavy atom. The summed E-state index contributed by atoms with van der Waals surface area (Å²) in [6.45, 7) is 0.207. The zero-order chi connectivity index (χ0) is 15.7. The van der Waals surface area contributed by atoms with Gasteiger partial charge in [-0.1, -0.05) is 19.4 Å². The van der Waals surface area contributed by atoms with Gasteiger partial charge in [-0.25, -0.2) is 4.99 Å². The molecule has 0 bridgehead atoms. The van der Waals surface area contributed by atoms with Crippen LogP contribution in [0.4, 0.5) is 8.78 Å². The largest absolute Gasteiger partial charge is 0.493 e. The molecule has 8 heteroatoms. The molecule has 3 N–H and O–H groups in total. The average Bonchev–Trinajstić information content (AvgIpc) is 2.45. The summed E-state index contributed by atoms with van der Waals surface area (Å²) >= 11 is 0. The lowest BCUT2D eigenvalue weighted by Crippen LogP contribution is -2.32. The number of halogens is 3. The minimum absolute atomic E-state index is 0. The second-order valence-corrected chi connectivity index (χ2v) is 4.35. The van der Waals surface area contributed by atoms with Gasteiger partial charge in [0.05, 0.1) is 13.7 Å². The highest BCUT2D eigenvalue weighted by atomic mass is 127. The van der Waals surface area contributed by atoms with Gasteiger partial charge in [-0.15, -0.1) is 24.0 Å². The maximum absolute atomic E-state index is 12.3. The Hall–Kier alpha value is -1.32. The molecular formula is C14H22F2IN3O2. The third-order valence-corrected chi connectivity index (χ3v) is 2.71. The van der Waals surface area contributed by atoms with E-state index in [9.17, 15) is 8.78 Å². The summed E-state index contributed by atoms with van der Waals surface area (Å²) in [6.07, 6.45) is 2.07. The fraction of sp³-hybridized carbons (Fsp3) is 0.500. The molecule has 0 amide bonds. The zero-order valence-electron chi connectivity index (χ0n) is 12.6. The molecule has 0 unspecified atom stereocenters. The molecule has 0 aliphatic carbocycles. The Morgan fingerprint density at radius 1 is 1.36 bits per heavy atom. The number of ether oxygens (including phenoxy) is 2. The first-order valence-corrected chi connectivity index (χ1v) is 6.72. The SMILES string of the molecule is CCCCNC(N)=NCc1ccc(OC)c(OC(F)F)c1.I. The maximum Gasteiger partial charge on any atom is 0.387 e. The first-order chi connectivity index (χ1) is 10.1. The number of hydrogen-bond acceptors (Lipinski definition) is 3. The number of methoxy groups -OCH3 is 1. The summed E-state index contributed by atoms with van der Waals surface area (Å²) in [5.41, 5.74) is 6.40. The van der Waals surface area contributed by atoms with Gasteiger partial charge in [-0.05, 0) is 24.1 Å². The van der Waals surface area contributed by atoms with Crippen LogP contribution in [-0.2, 0) is 6.54 Å². The quantitative estimate of drug-likeness (QED) is 0.289. The normalized spacial score (nSPS) is 11.0. The summed E-state index contributed by atoms with van der Waals surface area (Å²) in [6, 6.07) is 4.75. The Labute approximate surface area is 146 Å². The number of nitrogens with two attached hydrogens (primary N) is 1. The number of hydrogen-bond donors (Lipinski definition) is 2. The fourth-order valence-electron chi connectivity index (χ4n) is 1.63. The van der Waals surface area contributed by atoms with Crippen LogP contribution in [0.2, 0.25) is 0 Å². The van der Waals surface area contributed by atoms with Crippen LogP contribution in [0, 0.1) is 0 Å². The zero-order valence-corrected chi connectivity index (χ0v) is 15.0. The highest BCUT2D eigenvalue weighted by molar-refractivity contribution is 14.0. The van der Waals surface area contributed by atoms with Crippen LogP contribution in [0.1, 0.15) is 25.3 Å². The number of guanidine groups is 1. The van der Waals surface area contributed by atoms with E-state index in [-0.39, 0.29) is 42.0 Å². The lowest BCUT2D eigenvalue weighted by atomic mass is 10.2. The third kappa shape index (κ3) is 7.62. The molecule has 0 aliphatic heterocycles. The van der Waals surface area contributed by atoms with E-state index < -0.39 is 6.61 Å². The average molecular weight is 429 g/mol. The summed E-state index contributed by atoms with van der Waals surface area (Å²) in [7, 11) is 1.39. The molecule has 5 nitrogen and oxygen atoms in total. The van der Waals surface area contributed by atoms with Crippen LogP contribution in [0.5, 0.6) is 11.5 Å². The van der Waals surface area contributed by atoms with Crippen LogP contribution in [0.3, 0.4) is 0 Å². The minimum Gasteiger partial charge on any atom is -0.493 e. The topological polar surface area (TPSA) is 68.9 Å². The molecule has 0 radical (unpaired) electrons. The van der Waals surface area contributed by atoms with E-state index in [1.807, 2.05) is 0 Å². The van der Waals surface area contributed by atoms with E-state index >= 15 is 0 Å². The summed E-state index contributed by atoms with van der Waals surface area (Å²) < 4.78 is 34.0. The van der Waals surface area contributed by atoms with Crippen molar-refractivity contribution >= 4 is 29.9 Å². The van der Waals surface area contributed by atoms with Crippen molar-refractivity contribution in [2.75, 3.05) is 13.7 Å². The number of alkyl halides is 2. The number of benzene rings is 1. The Bertz CT molecular complexity index is 473. The standard InChI is InChI=1S/C14H21F2N3O2.HI/c1-3-4-7-18-14(17)19-9-10-5-6-11(20-2)12(8-10)21-13(15)16;/h5-6,8,13H,3-4,7,9H2,1-2H3,(H3,17,18,19);1H. The molecule has 0 spiro atoms. The Balaban J connectivity index is 0.00000441.